The van der Waals surface area contributed by atoms with E-state index in [1.807, 2.05) is 6.07 Å². The third-order valence-electron chi connectivity index (χ3n) is 2.10. The van der Waals surface area contributed by atoms with Gasteiger partial charge >= 0.3 is 0 Å². The van der Waals surface area contributed by atoms with Gasteiger partial charge in [-0.2, -0.15) is 0 Å². The fraction of sp³-hybridized carbons (Fsp3) is 0.300. The van der Waals surface area contributed by atoms with Crippen LogP contribution in [-0.2, 0) is 6.42 Å². The summed E-state index contributed by atoms with van der Waals surface area (Å²) in [5.74, 6) is 1.20. The van der Waals surface area contributed by atoms with Crippen LogP contribution in [0.25, 0.3) is 11.3 Å². The summed E-state index contributed by atoms with van der Waals surface area (Å²) in [5.41, 5.74) is 7.55. The first-order chi connectivity index (χ1) is 6.83. The zero-order chi connectivity index (χ0) is 9.97. The summed E-state index contributed by atoms with van der Waals surface area (Å²) in [6, 6.07) is 1.83. The van der Waals surface area contributed by atoms with Crippen LogP contribution in [0.5, 0.6) is 0 Å². The number of rotatable bonds is 3. The van der Waals surface area contributed by atoms with E-state index in [1.165, 1.54) is 0 Å². The van der Waals surface area contributed by atoms with Gasteiger partial charge in [0.05, 0.1) is 11.8 Å². The number of hydrogen-bond donors (Lipinski definition) is 1. The predicted octanol–water partition coefficient (Wildman–Crippen LogP) is 2.47. The minimum atomic E-state index is 0.475. The Morgan fingerprint density at radius 3 is 3.00 bits per heavy atom. The molecule has 2 rings (SSSR count). The number of hydrogen-bond acceptors (Lipinski definition) is 4. The summed E-state index contributed by atoms with van der Waals surface area (Å²) in [4.78, 5) is 0. The largest absolute Gasteiger partial charge is 0.472 e. The molecule has 0 saturated carbocycles. The highest BCUT2D eigenvalue weighted by Crippen LogP contribution is 2.28. The van der Waals surface area contributed by atoms with Crippen molar-refractivity contribution in [3.8, 4) is 11.3 Å². The summed E-state index contributed by atoms with van der Waals surface area (Å²) in [6.45, 7) is 2.09. The van der Waals surface area contributed by atoms with Gasteiger partial charge in [0, 0.05) is 5.56 Å². The van der Waals surface area contributed by atoms with Gasteiger partial charge in [0.25, 0.3) is 0 Å². The molecule has 2 aromatic heterocycles. The maximum Gasteiger partial charge on any atom is 0.175 e. The Morgan fingerprint density at radius 2 is 2.36 bits per heavy atom. The molecule has 0 amide bonds. The van der Waals surface area contributed by atoms with E-state index < -0.39 is 0 Å². The van der Waals surface area contributed by atoms with E-state index >= 15 is 0 Å². The van der Waals surface area contributed by atoms with Crippen molar-refractivity contribution in [3.05, 3.63) is 24.2 Å². The molecule has 0 radical (unpaired) electrons. The maximum atomic E-state index is 5.70. The van der Waals surface area contributed by atoms with E-state index in [2.05, 4.69) is 12.1 Å². The molecule has 74 valence electrons. The van der Waals surface area contributed by atoms with Crippen molar-refractivity contribution in [1.29, 1.82) is 0 Å². The Balaban J connectivity index is 2.43. The minimum absolute atomic E-state index is 0.475. The first kappa shape index (κ1) is 8.87. The Hall–Kier alpha value is -1.71. The molecule has 2 aromatic rings. The number of aromatic nitrogens is 1. The summed E-state index contributed by atoms with van der Waals surface area (Å²) in [7, 11) is 0. The van der Waals surface area contributed by atoms with Gasteiger partial charge in [-0.3, -0.25) is 0 Å². The molecule has 0 aliphatic carbocycles. The lowest BCUT2D eigenvalue weighted by Gasteiger charge is -1.96. The molecule has 2 N–H and O–H groups in total. The maximum absolute atomic E-state index is 5.70. The average molecular weight is 192 g/mol. The van der Waals surface area contributed by atoms with Crippen molar-refractivity contribution in [3.63, 3.8) is 0 Å². The van der Waals surface area contributed by atoms with Crippen molar-refractivity contribution >= 4 is 5.82 Å². The van der Waals surface area contributed by atoms with Crippen LogP contribution in [0, 0.1) is 0 Å². The SMILES string of the molecule is CCCc1c(N)noc1-c1ccoc1. The molecule has 2 heterocycles. The van der Waals surface area contributed by atoms with E-state index in [1.54, 1.807) is 12.5 Å². The lowest BCUT2D eigenvalue weighted by molar-refractivity contribution is 0.434. The summed E-state index contributed by atoms with van der Waals surface area (Å²) >= 11 is 0. The Labute approximate surface area is 81.7 Å². The van der Waals surface area contributed by atoms with E-state index in [0.29, 0.717) is 5.82 Å². The second-order valence-electron chi connectivity index (χ2n) is 3.14. The fourth-order valence-corrected chi connectivity index (χ4v) is 1.43. The number of anilines is 1. The second-order valence-corrected chi connectivity index (χ2v) is 3.14. The average Bonchev–Trinajstić information content (AvgIpc) is 2.77. The molecular formula is C10H12N2O2. The predicted molar refractivity (Wildman–Crippen MR) is 52.6 cm³/mol. The van der Waals surface area contributed by atoms with Crippen LogP contribution in [0.4, 0.5) is 5.82 Å². The molecule has 0 saturated heterocycles. The highest BCUT2D eigenvalue weighted by atomic mass is 16.5. The quantitative estimate of drug-likeness (QED) is 0.811. The number of nitrogen functional groups attached to an aromatic ring is 1. The molecule has 0 spiro atoms. The first-order valence-electron chi connectivity index (χ1n) is 4.59. The fourth-order valence-electron chi connectivity index (χ4n) is 1.43. The molecule has 0 unspecified atom stereocenters. The van der Waals surface area contributed by atoms with Crippen molar-refractivity contribution in [2.75, 3.05) is 5.73 Å². The van der Waals surface area contributed by atoms with Gasteiger partial charge in [0.2, 0.25) is 0 Å². The van der Waals surface area contributed by atoms with Crippen molar-refractivity contribution in [2.24, 2.45) is 0 Å². The third-order valence-corrected chi connectivity index (χ3v) is 2.10. The van der Waals surface area contributed by atoms with Gasteiger partial charge in [0.15, 0.2) is 11.6 Å². The van der Waals surface area contributed by atoms with Gasteiger partial charge in [-0.05, 0) is 12.5 Å². The third kappa shape index (κ3) is 1.39. The van der Waals surface area contributed by atoms with Crippen LogP contribution in [0.2, 0.25) is 0 Å². The van der Waals surface area contributed by atoms with Crippen LogP contribution >= 0.6 is 0 Å². The van der Waals surface area contributed by atoms with Gasteiger partial charge in [0.1, 0.15) is 6.26 Å². The van der Waals surface area contributed by atoms with Gasteiger partial charge in [-0.15, -0.1) is 0 Å². The molecule has 0 aliphatic rings. The summed E-state index contributed by atoms with van der Waals surface area (Å²) in [6.07, 6.45) is 5.11. The van der Waals surface area contributed by atoms with E-state index in [9.17, 15) is 0 Å². The monoisotopic (exact) mass is 192 g/mol. The van der Waals surface area contributed by atoms with Crippen LogP contribution in [0.3, 0.4) is 0 Å². The lowest BCUT2D eigenvalue weighted by Crippen LogP contribution is -1.92. The number of nitrogens with zero attached hydrogens (tertiary/aromatic N) is 1. The van der Waals surface area contributed by atoms with E-state index in [-0.39, 0.29) is 0 Å². The molecule has 0 aliphatic heterocycles. The Bertz CT molecular complexity index is 404. The van der Waals surface area contributed by atoms with E-state index in [0.717, 1.165) is 29.7 Å². The summed E-state index contributed by atoms with van der Waals surface area (Å²) < 4.78 is 10.1. The molecule has 0 fully saturated rings. The van der Waals surface area contributed by atoms with Crippen LogP contribution in [-0.4, -0.2) is 5.16 Å². The molecule has 0 atom stereocenters. The standard InChI is InChI=1S/C10H12N2O2/c1-2-3-8-9(14-12-10(8)11)7-4-5-13-6-7/h4-6H,2-3H2,1H3,(H2,11,12). The van der Waals surface area contributed by atoms with Gasteiger partial charge in [-0.1, -0.05) is 18.5 Å². The van der Waals surface area contributed by atoms with Crippen LogP contribution < -0.4 is 5.73 Å². The summed E-state index contributed by atoms with van der Waals surface area (Å²) in [5, 5.41) is 3.75. The first-order valence-corrected chi connectivity index (χ1v) is 4.59. The Morgan fingerprint density at radius 1 is 1.50 bits per heavy atom. The molecule has 0 aromatic carbocycles. The molecule has 4 nitrogen and oxygen atoms in total. The molecule has 4 heteroatoms. The number of furan rings is 1. The molecular weight excluding hydrogens is 180 g/mol. The second kappa shape index (κ2) is 3.57. The Kier molecular flexibility index (Phi) is 2.26. The van der Waals surface area contributed by atoms with Crippen LogP contribution in [0.1, 0.15) is 18.9 Å². The van der Waals surface area contributed by atoms with Crippen molar-refractivity contribution < 1.29 is 8.94 Å². The van der Waals surface area contributed by atoms with Crippen molar-refractivity contribution in [2.45, 2.75) is 19.8 Å². The molecule has 14 heavy (non-hydrogen) atoms. The lowest BCUT2D eigenvalue weighted by atomic mass is 10.1. The molecule has 0 bridgehead atoms. The van der Waals surface area contributed by atoms with Gasteiger partial charge < -0.3 is 14.7 Å². The smallest absolute Gasteiger partial charge is 0.175 e. The van der Waals surface area contributed by atoms with E-state index in [4.69, 9.17) is 14.7 Å². The van der Waals surface area contributed by atoms with Crippen LogP contribution in [0.15, 0.2) is 27.5 Å². The van der Waals surface area contributed by atoms with Crippen molar-refractivity contribution in [1.82, 2.24) is 5.16 Å². The zero-order valence-corrected chi connectivity index (χ0v) is 7.99. The normalized spacial score (nSPS) is 10.6. The number of nitrogens with two attached hydrogens (primary N) is 1. The zero-order valence-electron chi connectivity index (χ0n) is 7.99. The van der Waals surface area contributed by atoms with Gasteiger partial charge in [-0.25, -0.2) is 0 Å². The highest BCUT2D eigenvalue weighted by Gasteiger charge is 2.15. The highest BCUT2D eigenvalue weighted by molar-refractivity contribution is 5.64. The topological polar surface area (TPSA) is 65.2 Å². The minimum Gasteiger partial charge on any atom is -0.472 e.